The number of hydrogen-bond donors (Lipinski definition) is 1. The van der Waals surface area contributed by atoms with E-state index in [-0.39, 0.29) is 23.0 Å². The van der Waals surface area contributed by atoms with E-state index in [0.717, 1.165) is 16.6 Å². The van der Waals surface area contributed by atoms with Crippen molar-refractivity contribution < 1.29 is 9.18 Å². The molecule has 0 aliphatic heterocycles. The number of aromatic nitrogens is 2. The van der Waals surface area contributed by atoms with Crippen molar-refractivity contribution >= 4 is 28.7 Å². The summed E-state index contributed by atoms with van der Waals surface area (Å²) in [6, 6.07) is 15.8. The molecule has 5 nitrogen and oxygen atoms in total. The van der Waals surface area contributed by atoms with Crippen LogP contribution in [0.15, 0.2) is 53.7 Å². The zero-order chi connectivity index (χ0) is 20.1. The van der Waals surface area contributed by atoms with Gasteiger partial charge in [-0.3, -0.25) is 4.79 Å². The van der Waals surface area contributed by atoms with Crippen LogP contribution in [-0.4, -0.2) is 20.7 Å². The lowest BCUT2D eigenvalue weighted by atomic mass is 10.1. The first-order valence-electron chi connectivity index (χ1n) is 9.04. The highest BCUT2D eigenvalue weighted by atomic mass is 32.2. The number of benzene rings is 2. The molecule has 3 aromatic rings. The lowest BCUT2D eigenvalue weighted by Crippen LogP contribution is -2.33. The van der Waals surface area contributed by atoms with Gasteiger partial charge in [-0.2, -0.15) is 5.26 Å². The second kappa shape index (κ2) is 8.89. The number of aryl methyl sites for hydroxylation is 1. The summed E-state index contributed by atoms with van der Waals surface area (Å²) in [6.07, 6.45) is 0.371. The van der Waals surface area contributed by atoms with Crippen molar-refractivity contribution in [2.24, 2.45) is 0 Å². The molecule has 2 atom stereocenters. The molecule has 28 heavy (non-hydrogen) atoms. The van der Waals surface area contributed by atoms with Crippen LogP contribution in [0.3, 0.4) is 0 Å². The van der Waals surface area contributed by atoms with Crippen LogP contribution in [-0.2, 0) is 11.3 Å². The fourth-order valence-electron chi connectivity index (χ4n) is 2.90. The summed E-state index contributed by atoms with van der Waals surface area (Å²) in [5, 5.41) is 12.2. The fraction of sp³-hybridized carbons (Fsp3) is 0.286. The minimum atomic E-state index is -0.374. The number of carbonyl (C=O) groups is 1. The molecule has 1 N–H and O–H groups in total. The van der Waals surface area contributed by atoms with Crippen LogP contribution >= 0.6 is 11.8 Å². The van der Waals surface area contributed by atoms with E-state index < -0.39 is 0 Å². The summed E-state index contributed by atoms with van der Waals surface area (Å²) in [5.74, 6) is -0.428. The van der Waals surface area contributed by atoms with Gasteiger partial charge in [0.05, 0.1) is 34.8 Å². The predicted molar refractivity (Wildman–Crippen MR) is 108 cm³/mol. The lowest BCUT2D eigenvalue weighted by Gasteiger charge is -2.18. The fourth-order valence-corrected chi connectivity index (χ4v) is 3.86. The Balaban J connectivity index is 1.73. The third kappa shape index (κ3) is 4.52. The zero-order valence-electron chi connectivity index (χ0n) is 15.7. The van der Waals surface area contributed by atoms with Gasteiger partial charge in [0.15, 0.2) is 5.16 Å². The molecule has 0 bridgehead atoms. The Bertz CT molecular complexity index is 1010. The number of imidazole rings is 1. The predicted octanol–water partition coefficient (Wildman–Crippen LogP) is 4.45. The number of amides is 1. The van der Waals surface area contributed by atoms with Gasteiger partial charge in [0.2, 0.25) is 5.91 Å². The number of para-hydroxylation sites is 2. The zero-order valence-corrected chi connectivity index (χ0v) is 16.5. The van der Waals surface area contributed by atoms with E-state index in [4.69, 9.17) is 5.26 Å². The molecule has 2 unspecified atom stereocenters. The summed E-state index contributed by atoms with van der Waals surface area (Å²) in [6.45, 7) is 4.22. The molecule has 7 heteroatoms. The highest BCUT2D eigenvalue weighted by Crippen LogP contribution is 2.28. The molecule has 144 valence electrons. The van der Waals surface area contributed by atoms with Crippen LogP contribution in [0.2, 0.25) is 0 Å². The molecule has 0 saturated carbocycles. The average molecular weight is 396 g/mol. The first-order chi connectivity index (χ1) is 13.5. The second-order valence-electron chi connectivity index (χ2n) is 6.48. The molecule has 0 saturated heterocycles. The molecule has 3 rings (SSSR count). The van der Waals surface area contributed by atoms with Crippen molar-refractivity contribution in [3.63, 3.8) is 0 Å². The number of hydrogen-bond acceptors (Lipinski definition) is 4. The Morgan fingerprint density at radius 2 is 1.96 bits per heavy atom. The maximum atomic E-state index is 13.1. The third-order valence-electron chi connectivity index (χ3n) is 4.45. The quantitative estimate of drug-likeness (QED) is 0.599. The maximum Gasteiger partial charge on any atom is 0.233 e. The van der Waals surface area contributed by atoms with Crippen LogP contribution in [0.4, 0.5) is 4.39 Å². The smallest absolute Gasteiger partial charge is 0.233 e. The number of nitriles is 1. The van der Waals surface area contributed by atoms with Gasteiger partial charge < -0.3 is 9.88 Å². The number of nitrogens with zero attached hydrogens (tertiary/aromatic N) is 3. The van der Waals surface area contributed by atoms with E-state index in [9.17, 15) is 9.18 Å². The van der Waals surface area contributed by atoms with Gasteiger partial charge in [0.25, 0.3) is 0 Å². The Morgan fingerprint density at radius 3 is 2.68 bits per heavy atom. The number of halogens is 1. The second-order valence-corrected chi connectivity index (χ2v) is 7.79. The van der Waals surface area contributed by atoms with Gasteiger partial charge in [0.1, 0.15) is 5.82 Å². The Kier molecular flexibility index (Phi) is 6.32. The molecule has 0 aliphatic rings. The number of fused-ring (bicyclic) bond motifs is 1. The van der Waals surface area contributed by atoms with Crippen LogP contribution in [0.5, 0.6) is 0 Å². The van der Waals surface area contributed by atoms with Gasteiger partial charge in [0, 0.05) is 6.54 Å². The summed E-state index contributed by atoms with van der Waals surface area (Å²) in [4.78, 5) is 17.3. The molecule has 2 aromatic carbocycles. The van der Waals surface area contributed by atoms with Gasteiger partial charge >= 0.3 is 0 Å². The van der Waals surface area contributed by atoms with Crippen molar-refractivity contribution in [2.45, 2.75) is 43.3 Å². The number of nitrogens with one attached hydrogen (secondary N) is 1. The van der Waals surface area contributed by atoms with E-state index in [0.29, 0.717) is 18.1 Å². The van der Waals surface area contributed by atoms with Crippen LogP contribution in [0.1, 0.15) is 31.9 Å². The molecule has 0 spiro atoms. The average Bonchev–Trinajstić information content (AvgIpc) is 3.03. The van der Waals surface area contributed by atoms with Crippen LogP contribution in [0, 0.1) is 17.1 Å². The normalized spacial score (nSPS) is 13.1. The van der Waals surface area contributed by atoms with Gasteiger partial charge in [-0.25, -0.2) is 9.37 Å². The largest absolute Gasteiger partial charge is 0.349 e. The van der Waals surface area contributed by atoms with Crippen molar-refractivity contribution in [3.05, 3.63) is 59.9 Å². The standard InChI is InChI=1S/C21H21FN4OS/c1-14(16-8-10-17(22)11-9-16)24-20(27)15(2)28-21-25-18-6-3-4-7-19(18)26(21)13-5-12-23/h3-4,6-11,14-15H,5,13H2,1-2H3,(H,24,27). The van der Waals surface area contributed by atoms with Crippen LogP contribution in [0.25, 0.3) is 11.0 Å². The molecule has 0 fully saturated rings. The minimum Gasteiger partial charge on any atom is -0.349 e. The van der Waals surface area contributed by atoms with E-state index >= 15 is 0 Å². The van der Waals surface area contributed by atoms with Crippen molar-refractivity contribution in [2.75, 3.05) is 0 Å². The molecule has 0 aliphatic carbocycles. The summed E-state index contributed by atoms with van der Waals surface area (Å²) >= 11 is 1.36. The summed E-state index contributed by atoms with van der Waals surface area (Å²) in [7, 11) is 0. The van der Waals surface area contributed by atoms with Gasteiger partial charge in [-0.05, 0) is 43.7 Å². The maximum absolute atomic E-state index is 13.1. The first-order valence-corrected chi connectivity index (χ1v) is 9.92. The molecule has 1 amide bonds. The van der Waals surface area contributed by atoms with Crippen molar-refractivity contribution in [1.82, 2.24) is 14.9 Å². The van der Waals surface area contributed by atoms with Crippen LogP contribution < -0.4 is 5.32 Å². The lowest BCUT2D eigenvalue weighted by molar-refractivity contribution is -0.120. The number of thioether (sulfide) groups is 1. The van der Waals surface area contributed by atoms with Crippen molar-refractivity contribution in [1.29, 1.82) is 5.26 Å². The van der Waals surface area contributed by atoms with E-state index in [1.165, 1.54) is 23.9 Å². The highest BCUT2D eigenvalue weighted by molar-refractivity contribution is 8.00. The third-order valence-corrected chi connectivity index (χ3v) is 5.54. The Hall–Kier alpha value is -2.85. The SMILES string of the molecule is CC(Sc1nc2ccccc2n1CCC#N)C(=O)NC(C)c1ccc(F)cc1. The van der Waals surface area contributed by atoms with Gasteiger partial charge in [-0.1, -0.05) is 36.0 Å². The first kappa shape index (κ1) is 19.9. The number of rotatable bonds is 7. The monoisotopic (exact) mass is 396 g/mol. The molecular weight excluding hydrogens is 375 g/mol. The number of carbonyl (C=O) groups excluding carboxylic acids is 1. The topological polar surface area (TPSA) is 70.7 Å². The molecule has 0 radical (unpaired) electrons. The Labute approximate surface area is 167 Å². The highest BCUT2D eigenvalue weighted by Gasteiger charge is 2.21. The molecule has 1 aromatic heterocycles. The van der Waals surface area contributed by atoms with Crippen molar-refractivity contribution in [3.8, 4) is 6.07 Å². The van der Waals surface area contributed by atoms with E-state index in [2.05, 4.69) is 16.4 Å². The molecular formula is C21H21FN4OS. The van der Waals surface area contributed by atoms with E-state index in [1.807, 2.05) is 42.7 Å². The summed E-state index contributed by atoms with van der Waals surface area (Å²) in [5.41, 5.74) is 2.64. The molecule has 1 heterocycles. The van der Waals surface area contributed by atoms with E-state index in [1.54, 1.807) is 12.1 Å². The minimum absolute atomic E-state index is 0.124. The summed E-state index contributed by atoms with van der Waals surface area (Å²) < 4.78 is 15.1. The van der Waals surface area contributed by atoms with Gasteiger partial charge in [-0.15, -0.1) is 0 Å². The Morgan fingerprint density at radius 1 is 1.25 bits per heavy atom.